The minimum atomic E-state index is -0.307. The van der Waals surface area contributed by atoms with Crippen LogP contribution in [0.1, 0.15) is 22.8 Å². The summed E-state index contributed by atoms with van der Waals surface area (Å²) < 4.78 is 12.1. The summed E-state index contributed by atoms with van der Waals surface area (Å²) in [5, 5.41) is 17.0. The molecule has 2 aromatic carbocycles. The van der Waals surface area contributed by atoms with Crippen LogP contribution >= 0.6 is 0 Å². The zero-order chi connectivity index (χ0) is 20.4. The predicted octanol–water partition coefficient (Wildman–Crippen LogP) is 1.95. The van der Waals surface area contributed by atoms with Gasteiger partial charge < -0.3 is 20.1 Å². The van der Waals surface area contributed by atoms with Crippen LogP contribution in [0.15, 0.2) is 36.7 Å². The van der Waals surface area contributed by atoms with Gasteiger partial charge in [0.05, 0.1) is 17.9 Å². The van der Waals surface area contributed by atoms with E-state index in [4.69, 9.17) is 9.47 Å². The van der Waals surface area contributed by atoms with Crippen LogP contribution in [0.4, 0.5) is 11.4 Å². The number of anilines is 2. The standard InChI is InChI=1S/C19H18N6O4/c1-11-3-4-13(25-9-21-23-24-25)5-15(11)20-8-19(27)22-16-7-18-17(28-10-29-18)6-14(16)12(2)26/h3-7,9,20H,8,10H2,1-2H3,(H,22,27). The van der Waals surface area contributed by atoms with E-state index >= 15 is 0 Å². The third-order valence-corrected chi connectivity index (χ3v) is 4.44. The Kier molecular flexibility index (Phi) is 4.82. The molecule has 0 spiro atoms. The number of ketones is 1. The van der Waals surface area contributed by atoms with Crippen LogP contribution < -0.4 is 20.1 Å². The molecular formula is C19H18N6O4. The van der Waals surface area contributed by atoms with Gasteiger partial charge >= 0.3 is 0 Å². The van der Waals surface area contributed by atoms with Crippen molar-refractivity contribution >= 4 is 23.1 Å². The number of ether oxygens (including phenoxy) is 2. The fourth-order valence-corrected chi connectivity index (χ4v) is 2.93. The number of nitrogens with zero attached hydrogens (tertiary/aromatic N) is 4. The summed E-state index contributed by atoms with van der Waals surface area (Å²) in [5.41, 5.74) is 3.23. The van der Waals surface area contributed by atoms with E-state index in [0.29, 0.717) is 22.7 Å². The number of fused-ring (bicyclic) bond motifs is 1. The van der Waals surface area contributed by atoms with Crippen molar-refractivity contribution in [3.63, 3.8) is 0 Å². The van der Waals surface area contributed by atoms with Crippen molar-refractivity contribution in [2.45, 2.75) is 13.8 Å². The van der Waals surface area contributed by atoms with E-state index in [-0.39, 0.29) is 25.0 Å². The molecule has 3 aromatic rings. The molecule has 1 aliphatic heterocycles. The van der Waals surface area contributed by atoms with E-state index in [9.17, 15) is 9.59 Å². The monoisotopic (exact) mass is 394 g/mol. The molecule has 4 rings (SSSR count). The molecular weight excluding hydrogens is 376 g/mol. The largest absolute Gasteiger partial charge is 0.454 e. The number of carbonyl (C=O) groups excluding carboxylic acids is 2. The minimum Gasteiger partial charge on any atom is -0.454 e. The number of tetrazole rings is 1. The lowest BCUT2D eigenvalue weighted by atomic mass is 10.1. The van der Waals surface area contributed by atoms with Crippen LogP contribution in [-0.4, -0.2) is 45.2 Å². The molecule has 1 amide bonds. The number of rotatable bonds is 6. The molecule has 0 saturated carbocycles. The van der Waals surface area contributed by atoms with E-state index in [1.165, 1.54) is 17.9 Å². The first kappa shape index (κ1) is 18.4. The van der Waals surface area contributed by atoms with Gasteiger partial charge in [-0.2, -0.15) is 0 Å². The van der Waals surface area contributed by atoms with Gasteiger partial charge in [0.2, 0.25) is 12.7 Å². The van der Waals surface area contributed by atoms with E-state index in [1.807, 2.05) is 25.1 Å². The average Bonchev–Trinajstić information content (AvgIpc) is 3.38. The van der Waals surface area contributed by atoms with Crippen molar-refractivity contribution in [2.24, 2.45) is 0 Å². The lowest BCUT2D eigenvalue weighted by molar-refractivity contribution is -0.114. The van der Waals surface area contributed by atoms with Gasteiger partial charge in [0, 0.05) is 17.3 Å². The molecule has 0 atom stereocenters. The Balaban J connectivity index is 1.47. The van der Waals surface area contributed by atoms with Gasteiger partial charge in [-0.15, -0.1) is 5.10 Å². The maximum Gasteiger partial charge on any atom is 0.243 e. The van der Waals surface area contributed by atoms with Gasteiger partial charge in [0.25, 0.3) is 0 Å². The maximum absolute atomic E-state index is 12.5. The normalized spacial score (nSPS) is 11.9. The number of aryl methyl sites for hydroxylation is 1. The first-order chi connectivity index (χ1) is 14.0. The molecule has 0 saturated heterocycles. The van der Waals surface area contributed by atoms with Crippen molar-refractivity contribution in [2.75, 3.05) is 24.0 Å². The molecule has 10 heteroatoms. The quantitative estimate of drug-likeness (QED) is 0.609. The summed E-state index contributed by atoms with van der Waals surface area (Å²) in [5.74, 6) is 0.486. The first-order valence-electron chi connectivity index (χ1n) is 8.83. The lowest BCUT2D eigenvalue weighted by Crippen LogP contribution is -2.23. The van der Waals surface area contributed by atoms with E-state index < -0.39 is 0 Å². The van der Waals surface area contributed by atoms with Crippen LogP contribution in [0.5, 0.6) is 11.5 Å². The molecule has 10 nitrogen and oxygen atoms in total. The Morgan fingerprint density at radius 1 is 1.14 bits per heavy atom. The average molecular weight is 394 g/mol. The fraction of sp³-hybridized carbons (Fsp3) is 0.211. The van der Waals surface area contributed by atoms with Crippen molar-refractivity contribution in [3.05, 3.63) is 47.8 Å². The van der Waals surface area contributed by atoms with Crippen LogP contribution in [0, 0.1) is 6.92 Å². The Hall–Kier alpha value is -3.95. The zero-order valence-electron chi connectivity index (χ0n) is 15.8. The Morgan fingerprint density at radius 2 is 1.93 bits per heavy atom. The van der Waals surface area contributed by atoms with E-state index in [1.54, 1.807) is 12.1 Å². The van der Waals surface area contributed by atoms with Crippen molar-refractivity contribution < 1.29 is 19.1 Å². The third-order valence-electron chi connectivity index (χ3n) is 4.44. The van der Waals surface area contributed by atoms with Gasteiger partial charge in [0.15, 0.2) is 17.3 Å². The first-order valence-corrected chi connectivity index (χ1v) is 8.83. The molecule has 1 aliphatic rings. The summed E-state index contributed by atoms with van der Waals surface area (Å²) in [7, 11) is 0. The Labute approximate surface area is 165 Å². The number of aromatic nitrogens is 4. The van der Waals surface area contributed by atoms with Crippen molar-refractivity contribution in [1.29, 1.82) is 0 Å². The summed E-state index contributed by atoms with van der Waals surface area (Å²) in [4.78, 5) is 24.4. The van der Waals surface area contributed by atoms with Gasteiger partial charge in [0.1, 0.15) is 6.33 Å². The Bertz CT molecular complexity index is 1080. The zero-order valence-corrected chi connectivity index (χ0v) is 15.8. The highest BCUT2D eigenvalue weighted by atomic mass is 16.7. The van der Waals surface area contributed by atoms with Crippen LogP contribution in [0.3, 0.4) is 0 Å². The number of hydrogen-bond acceptors (Lipinski definition) is 8. The fourth-order valence-electron chi connectivity index (χ4n) is 2.93. The molecule has 2 N–H and O–H groups in total. The predicted molar refractivity (Wildman–Crippen MR) is 104 cm³/mol. The second-order valence-corrected chi connectivity index (χ2v) is 6.46. The van der Waals surface area contributed by atoms with Gasteiger partial charge in [-0.05, 0) is 48.0 Å². The highest BCUT2D eigenvalue weighted by Crippen LogP contribution is 2.37. The third kappa shape index (κ3) is 3.86. The summed E-state index contributed by atoms with van der Waals surface area (Å²) in [6.45, 7) is 3.45. The highest BCUT2D eigenvalue weighted by Gasteiger charge is 2.20. The molecule has 0 bridgehead atoms. The Morgan fingerprint density at radius 3 is 2.66 bits per heavy atom. The SMILES string of the molecule is CC(=O)c1cc2c(cc1NC(=O)CNc1cc(-n3cnnn3)ccc1C)OCO2. The summed E-state index contributed by atoms with van der Waals surface area (Å²) in [6, 6.07) is 8.81. The molecule has 1 aromatic heterocycles. The maximum atomic E-state index is 12.5. The molecule has 0 radical (unpaired) electrons. The topological polar surface area (TPSA) is 120 Å². The lowest BCUT2D eigenvalue weighted by Gasteiger charge is -2.13. The molecule has 0 fully saturated rings. The van der Waals surface area contributed by atoms with E-state index in [2.05, 4.69) is 26.2 Å². The number of amides is 1. The van der Waals surface area contributed by atoms with Crippen LogP contribution in [0.25, 0.3) is 5.69 Å². The number of nitrogens with one attached hydrogen (secondary N) is 2. The second kappa shape index (κ2) is 7.58. The smallest absolute Gasteiger partial charge is 0.243 e. The number of benzene rings is 2. The summed E-state index contributed by atoms with van der Waals surface area (Å²) >= 11 is 0. The van der Waals surface area contributed by atoms with Gasteiger partial charge in [-0.1, -0.05) is 6.07 Å². The highest BCUT2D eigenvalue weighted by molar-refractivity contribution is 6.05. The van der Waals surface area contributed by atoms with Gasteiger partial charge in [-0.25, -0.2) is 4.68 Å². The van der Waals surface area contributed by atoms with Crippen molar-refractivity contribution in [3.8, 4) is 17.2 Å². The molecule has 29 heavy (non-hydrogen) atoms. The van der Waals surface area contributed by atoms with Gasteiger partial charge in [-0.3, -0.25) is 9.59 Å². The summed E-state index contributed by atoms with van der Waals surface area (Å²) in [6.07, 6.45) is 1.49. The number of carbonyl (C=O) groups is 2. The van der Waals surface area contributed by atoms with E-state index in [0.717, 1.165) is 16.9 Å². The number of Topliss-reactive ketones (excluding diaryl/α,β-unsaturated/α-hetero) is 1. The minimum absolute atomic E-state index is 0.00564. The molecule has 0 aliphatic carbocycles. The number of hydrogen-bond donors (Lipinski definition) is 2. The van der Waals surface area contributed by atoms with Crippen LogP contribution in [-0.2, 0) is 4.79 Å². The van der Waals surface area contributed by atoms with Crippen molar-refractivity contribution in [1.82, 2.24) is 20.2 Å². The molecule has 2 heterocycles. The molecule has 0 unspecified atom stereocenters. The second-order valence-electron chi connectivity index (χ2n) is 6.46. The molecule has 148 valence electrons. The van der Waals surface area contributed by atoms with Crippen LogP contribution in [0.2, 0.25) is 0 Å².